The molecule has 152 valence electrons. The SMILES string of the molecule is S=C(N=C(Nc1ccccc1)c1ccccc1)N1CCN(Cc2ccccc2)CC1. The van der Waals surface area contributed by atoms with Crippen molar-refractivity contribution < 1.29 is 0 Å². The Morgan fingerprint density at radius 3 is 1.97 bits per heavy atom. The van der Waals surface area contributed by atoms with Gasteiger partial charge in [-0.1, -0.05) is 78.9 Å². The molecule has 1 aliphatic rings. The lowest BCUT2D eigenvalue weighted by atomic mass is 10.2. The summed E-state index contributed by atoms with van der Waals surface area (Å²) < 4.78 is 0. The number of para-hydroxylation sites is 1. The van der Waals surface area contributed by atoms with Crippen molar-refractivity contribution in [2.24, 2.45) is 4.99 Å². The first-order chi connectivity index (χ1) is 14.8. The quantitative estimate of drug-likeness (QED) is 0.383. The van der Waals surface area contributed by atoms with E-state index in [2.05, 4.69) is 57.6 Å². The summed E-state index contributed by atoms with van der Waals surface area (Å²) in [6.07, 6.45) is 0. The second kappa shape index (κ2) is 10.1. The maximum absolute atomic E-state index is 5.71. The summed E-state index contributed by atoms with van der Waals surface area (Å²) in [5, 5.41) is 4.07. The molecule has 4 rings (SSSR count). The van der Waals surface area contributed by atoms with E-state index in [9.17, 15) is 0 Å². The minimum absolute atomic E-state index is 0.636. The highest BCUT2D eigenvalue weighted by molar-refractivity contribution is 7.80. The van der Waals surface area contributed by atoms with Crippen molar-refractivity contribution in [1.82, 2.24) is 9.80 Å². The lowest BCUT2D eigenvalue weighted by Crippen LogP contribution is -2.47. The van der Waals surface area contributed by atoms with Crippen molar-refractivity contribution in [2.75, 3.05) is 31.5 Å². The van der Waals surface area contributed by atoms with E-state index >= 15 is 0 Å². The van der Waals surface area contributed by atoms with Crippen molar-refractivity contribution >= 4 is 28.9 Å². The standard InChI is InChI=1S/C25H26N4S/c30-25(29-18-16-28(17-19-29)20-21-10-4-1-5-11-21)27-24(22-12-6-2-7-13-22)26-23-14-8-3-9-15-23/h1-15H,16-20H2,(H,26,27,30). The Balaban J connectivity index is 1.42. The zero-order valence-corrected chi connectivity index (χ0v) is 17.8. The summed E-state index contributed by atoms with van der Waals surface area (Å²) in [6.45, 7) is 4.73. The van der Waals surface area contributed by atoms with Crippen LogP contribution in [0.1, 0.15) is 11.1 Å². The summed E-state index contributed by atoms with van der Waals surface area (Å²) in [7, 11) is 0. The van der Waals surface area contributed by atoms with Crippen molar-refractivity contribution in [1.29, 1.82) is 0 Å². The highest BCUT2D eigenvalue weighted by Gasteiger charge is 2.19. The topological polar surface area (TPSA) is 30.9 Å². The fourth-order valence-corrected chi connectivity index (χ4v) is 3.80. The lowest BCUT2D eigenvalue weighted by molar-refractivity contribution is 0.176. The van der Waals surface area contributed by atoms with Gasteiger partial charge >= 0.3 is 0 Å². The maximum Gasteiger partial charge on any atom is 0.197 e. The third-order valence-electron chi connectivity index (χ3n) is 5.18. The van der Waals surface area contributed by atoms with Crippen LogP contribution >= 0.6 is 12.2 Å². The number of thiocarbonyl (C=S) groups is 1. The highest BCUT2D eigenvalue weighted by atomic mass is 32.1. The average molecular weight is 415 g/mol. The molecule has 0 unspecified atom stereocenters. The van der Waals surface area contributed by atoms with E-state index in [1.165, 1.54) is 5.56 Å². The maximum atomic E-state index is 5.71. The third kappa shape index (κ3) is 5.53. The molecule has 0 aliphatic carbocycles. The number of anilines is 1. The number of amidine groups is 1. The van der Waals surface area contributed by atoms with Gasteiger partial charge in [-0.3, -0.25) is 4.90 Å². The summed E-state index contributed by atoms with van der Waals surface area (Å²) in [5.41, 5.74) is 3.37. The zero-order chi connectivity index (χ0) is 20.6. The van der Waals surface area contributed by atoms with Crippen LogP contribution < -0.4 is 5.32 Å². The predicted octanol–water partition coefficient (Wildman–Crippen LogP) is 4.65. The van der Waals surface area contributed by atoms with Gasteiger partial charge in [0.15, 0.2) is 5.11 Å². The fraction of sp³-hybridized carbons (Fsp3) is 0.200. The van der Waals surface area contributed by atoms with Crippen LogP contribution in [0.4, 0.5) is 5.69 Å². The molecule has 0 aromatic heterocycles. The Morgan fingerprint density at radius 1 is 0.767 bits per heavy atom. The van der Waals surface area contributed by atoms with Gasteiger partial charge in [0, 0.05) is 44.0 Å². The molecule has 1 heterocycles. The zero-order valence-electron chi connectivity index (χ0n) is 16.9. The first-order valence-corrected chi connectivity index (χ1v) is 10.7. The molecule has 0 bridgehead atoms. The van der Waals surface area contributed by atoms with Gasteiger partial charge in [0.2, 0.25) is 0 Å². The number of benzene rings is 3. The molecule has 5 heteroatoms. The number of rotatable bonds is 4. The van der Waals surface area contributed by atoms with Gasteiger partial charge in [-0.05, 0) is 29.9 Å². The first kappa shape index (κ1) is 20.3. The molecule has 4 nitrogen and oxygen atoms in total. The molecule has 0 radical (unpaired) electrons. The molecule has 1 fully saturated rings. The molecule has 1 saturated heterocycles. The first-order valence-electron chi connectivity index (χ1n) is 10.3. The van der Waals surface area contributed by atoms with Crippen LogP contribution in [0.5, 0.6) is 0 Å². The number of nitrogens with zero attached hydrogens (tertiary/aromatic N) is 3. The van der Waals surface area contributed by atoms with E-state index in [1.54, 1.807) is 0 Å². The number of aliphatic imine (C=N–C) groups is 1. The highest BCUT2D eigenvalue weighted by Crippen LogP contribution is 2.13. The normalized spacial score (nSPS) is 15.1. The van der Waals surface area contributed by atoms with E-state index in [4.69, 9.17) is 17.2 Å². The molecular formula is C25H26N4S. The summed E-state index contributed by atoms with van der Waals surface area (Å²) in [4.78, 5) is 9.49. The third-order valence-corrected chi connectivity index (χ3v) is 5.53. The Labute approximate surface area is 183 Å². The molecule has 3 aromatic carbocycles. The van der Waals surface area contributed by atoms with Crippen LogP contribution in [-0.2, 0) is 6.54 Å². The van der Waals surface area contributed by atoms with Gasteiger partial charge in [0.05, 0.1) is 0 Å². The molecule has 0 saturated carbocycles. The van der Waals surface area contributed by atoms with Crippen LogP contribution in [0, 0.1) is 0 Å². The van der Waals surface area contributed by atoms with Crippen molar-refractivity contribution in [3.05, 3.63) is 102 Å². The second-order valence-corrected chi connectivity index (χ2v) is 7.71. The molecule has 0 amide bonds. The molecule has 3 aromatic rings. The van der Waals surface area contributed by atoms with E-state index in [-0.39, 0.29) is 0 Å². The number of nitrogens with one attached hydrogen (secondary N) is 1. The summed E-state index contributed by atoms with van der Waals surface area (Å²) in [5.74, 6) is 0.776. The largest absolute Gasteiger partial charge is 0.345 e. The minimum Gasteiger partial charge on any atom is -0.345 e. The number of hydrogen-bond donors (Lipinski definition) is 1. The van der Waals surface area contributed by atoms with Crippen LogP contribution in [-0.4, -0.2) is 46.9 Å². The van der Waals surface area contributed by atoms with E-state index in [0.29, 0.717) is 5.11 Å². The Morgan fingerprint density at radius 2 is 1.33 bits per heavy atom. The summed E-state index contributed by atoms with van der Waals surface area (Å²) >= 11 is 5.71. The molecule has 30 heavy (non-hydrogen) atoms. The monoisotopic (exact) mass is 414 g/mol. The second-order valence-electron chi connectivity index (χ2n) is 7.35. The van der Waals surface area contributed by atoms with Crippen LogP contribution in [0.25, 0.3) is 0 Å². The smallest absolute Gasteiger partial charge is 0.197 e. The Kier molecular flexibility index (Phi) is 6.85. The average Bonchev–Trinajstić information content (AvgIpc) is 2.81. The lowest BCUT2D eigenvalue weighted by Gasteiger charge is -2.35. The molecule has 0 spiro atoms. The van der Waals surface area contributed by atoms with Gasteiger partial charge in [-0.25, -0.2) is 4.99 Å². The van der Waals surface area contributed by atoms with Crippen LogP contribution in [0.2, 0.25) is 0 Å². The Bertz CT molecular complexity index is 966. The Hall–Kier alpha value is -3.02. The van der Waals surface area contributed by atoms with Gasteiger partial charge in [0.1, 0.15) is 5.84 Å². The van der Waals surface area contributed by atoms with E-state index in [0.717, 1.165) is 49.8 Å². The molecular weight excluding hydrogens is 388 g/mol. The van der Waals surface area contributed by atoms with Gasteiger partial charge in [-0.2, -0.15) is 0 Å². The minimum atomic E-state index is 0.636. The number of piperazine rings is 1. The van der Waals surface area contributed by atoms with Gasteiger partial charge in [-0.15, -0.1) is 0 Å². The van der Waals surface area contributed by atoms with Crippen molar-refractivity contribution in [3.63, 3.8) is 0 Å². The van der Waals surface area contributed by atoms with Gasteiger partial charge < -0.3 is 10.2 Å². The van der Waals surface area contributed by atoms with E-state index in [1.807, 2.05) is 48.5 Å². The predicted molar refractivity (Wildman–Crippen MR) is 129 cm³/mol. The molecule has 0 atom stereocenters. The van der Waals surface area contributed by atoms with Crippen molar-refractivity contribution in [3.8, 4) is 0 Å². The summed E-state index contributed by atoms with van der Waals surface area (Å²) in [6, 6.07) is 30.9. The fourth-order valence-electron chi connectivity index (χ4n) is 3.52. The van der Waals surface area contributed by atoms with E-state index < -0.39 is 0 Å². The van der Waals surface area contributed by atoms with Crippen LogP contribution in [0.3, 0.4) is 0 Å². The number of hydrogen-bond acceptors (Lipinski definition) is 2. The molecule has 1 N–H and O–H groups in total. The molecule has 1 aliphatic heterocycles. The van der Waals surface area contributed by atoms with Gasteiger partial charge in [0.25, 0.3) is 0 Å². The van der Waals surface area contributed by atoms with Crippen molar-refractivity contribution in [2.45, 2.75) is 6.54 Å². The van der Waals surface area contributed by atoms with Crippen LogP contribution in [0.15, 0.2) is 96.0 Å².